The molecule has 0 aliphatic heterocycles. The Bertz CT molecular complexity index is 469. The van der Waals surface area contributed by atoms with Crippen molar-refractivity contribution in [3.8, 4) is 0 Å². The first-order valence-corrected chi connectivity index (χ1v) is 5.03. The number of hydrogen-bond donors (Lipinski definition) is 2. The molecule has 0 spiro atoms. The molecule has 0 unspecified atom stereocenters. The molecule has 0 aromatic heterocycles. The lowest BCUT2D eigenvalue weighted by Gasteiger charge is -2.05. The summed E-state index contributed by atoms with van der Waals surface area (Å²) in [6.07, 6.45) is 2.45. The molecular formula is C12H12FNO3. The van der Waals surface area contributed by atoms with E-state index in [1.54, 1.807) is 6.92 Å². The third kappa shape index (κ3) is 4.06. The van der Waals surface area contributed by atoms with Gasteiger partial charge in [-0.15, -0.1) is 0 Å². The molecule has 0 fully saturated rings. The van der Waals surface area contributed by atoms with Gasteiger partial charge in [-0.2, -0.15) is 0 Å². The van der Waals surface area contributed by atoms with Crippen LogP contribution in [-0.4, -0.2) is 17.0 Å². The minimum Gasteiger partial charge on any atom is -0.478 e. The molecule has 4 nitrogen and oxygen atoms in total. The zero-order valence-electron chi connectivity index (χ0n) is 9.24. The maximum atomic E-state index is 13.5. The van der Waals surface area contributed by atoms with Gasteiger partial charge in [0.15, 0.2) is 0 Å². The Balaban J connectivity index is 2.86. The summed E-state index contributed by atoms with van der Waals surface area (Å²) in [5.74, 6) is -1.98. The van der Waals surface area contributed by atoms with E-state index in [1.165, 1.54) is 18.2 Å². The number of carboxylic acids is 1. The summed E-state index contributed by atoms with van der Waals surface area (Å²) in [6, 6.07) is 4.07. The molecule has 1 aromatic rings. The number of rotatable bonds is 4. The second kappa shape index (κ2) is 5.79. The molecule has 90 valence electrons. The van der Waals surface area contributed by atoms with Crippen molar-refractivity contribution in [1.29, 1.82) is 0 Å². The van der Waals surface area contributed by atoms with Crippen molar-refractivity contribution in [3.05, 3.63) is 35.7 Å². The second-order valence-electron chi connectivity index (χ2n) is 3.31. The van der Waals surface area contributed by atoms with Crippen molar-refractivity contribution >= 4 is 23.6 Å². The van der Waals surface area contributed by atoms with Crippen LogP contribution in [0.3, 0.4) is 0 Å². The molecule has 0 saturated carbocycles. The molecule has 0 radical (unpaired) electrons. The van der Waals surface area contributed by atoms with E-state index in [4.69, 9.17) is 5.11 Å². The normalized spacial score (nSPS) is 10.5. The SMILES string of the molecule is CCC(=O)Nc1ccc(/C=C/C(=O)O)cc1F. The van der Waals surface area contributed by atoms with Crippen LogP contribution in [0.2, 0.25) is 0 Å². The van der Waals surface area contributed by atoms with E-state index < -0.39 is 11.8 Å². The van der Waals surface area contributed by atoms with Crippen LogP contribution in [0.1, 0.15) is 18.9 Å². The number of carboxylic acid groups (broad SMARTS) is 1. The fourth-order valence-corrected chi connectivity index (χ4v) is 1.14. The van der Waals surface area contributed by atoms with Crippen LogP contribution in [0, 0.1) is 5.82 Å². The second-order valence-corrected chi connectivity index (χ2v) is 3.31. The van der Waals surface area contributed by atoms with E-state index in [0.29, 0.717) is 5.56 Å². The molecule has 1 amide bonds. The van der Waals surface area contributed by atoms with Gasteiger partial charge in [0.05, 0.1) is 5.69 Å². The molecule has 1 aromatic carbocycles. The van der Waals surface area contributed by atoms with Gasteiger partial charge in [-0.25, -0.2) is 9.18 Å². The first kappa shape index (κ1) is 12.9. The van der Waals surface area contributed by atoms with Gasteiger partial charge in [0.1, 0.15) is 5.82 Å². The largest absolute Gasteiger partial charge is 0.478 e. The van der Waals surface area contributed by atoms with Gasteiger partial charge in [-0.1, -0.05) is 13.0 Å². The fraction of sp³-hybridized carbons (Fsp3) is 0.167. The number of hydrogen-bond acceptors (Lipinski definition) is 2. The first-order chi connectivity index (χ1) is 8.02. The molecule has 1 rings (SSSR count). The molecule has 0 heterocycles. The number of carbonyl (C=O) groups is 2. The van der Waals surface area contributed by atoms with Gasteiger partial charge in [0.2, 0.25) is 5.91 Å². The van der Waals surface area contributed by atoms with Crippen molar-refractivity contribution in [2.45, 2.75) is 13.3 Å². The lowest BCUT2D eigenvalue weighted by molar-refractivity contribution is -0.131. The Kier molecular flexibility index (Phi) is 4.39. The Hall–Kier alpha value is -2.17. The van der Waals surface area contributed by atoms with E-state index in [0.717, 1.165) is 12.1 Å². The van der Waals surface area contributed by atoms with E-state index >= 15 is 0 Å². The predicted molar refractivity (Wildman–Crippen MR) is 62.0 cm³/mol. The number of benzene rings is 1. The Labute approximate surface area is 97.8 Å². The van der Waals surface area contributed by atoms with Crippen molar-refractivity contribution in [3.63, 3.8) is 0 Å². The van der Waals surface area contributed by atoms with Crippen LogP contribution < -0.4 is 5.32 Å². The molecule has 0 atom stereocenters. The minimum atomic E-state index is -1.10. The molecular weight excluding hydrogens is 225 g/mol. The summed E-state index contributed by atoms with van der Waals surface area (Å²) in [6.45, 7) is 1.66. The van der Waals surface area contributed by atoms with Crippen molar-refractivity contribution < 1.29 is 19.1 Å². The maximum absolute atomic E-state index is 13.5. The smallest absolute Gasteiger partial charge is 0.328 e. The summed E-state index contributed by atoms with van der Waals surface area (Å²) >= 11 is 0. The van der Waals surface area contributed by atoms with Gasteiger partial charge in [0.25, 0.3) is 0 Å². The number of nitrogens with one attached hydrogen (secondary N) is 1. The highest BCUT2D eigenvalue weighted by Crippen LogP contribution is 2.16. The number of halogens is 1. The lowest BCUT2D eigenvalue weighted by atomic mass is 10.2. The highest BCUT2D eigenvalue weighted by Gasteiger charge is 2.05. The fourth-order valence-electron chi connectivity index (χ4n) is 1.14. The van der Waals surface area contributed by atoms with Crippen molar-refractivity contribution in [1.82, 2.24) is 0 Å². The Morgan fingerprint density at radius 2 is 2.18 bits per heavy atom. The minimum absolute atomic E-state index is 0.0873. The summed E-state index contributed by atoms with van der Waals surface area (Å²) in [4.78, 5) is 21.3. The molecule has 2 N–H and O–H groups in total. The monoisotopic (exact) mass is 237 g/mol. The van der Waals surface area contributed by atoms with Gasteiger partial charge in [-0.05, 0) is 23.8 Å². The number of carbonyl (C=O) groups excluding carboxylic acids is 1. The van der Waals surface area contributed by atoms with Crippen LogP contribution in [-0.2, 0) is 9.59 Å². The van der Waals surface area contributed by atoms with Crippen molar-refractivity contribution in [2.75, 3.05) is 5.32 Å². The van der Waals surface area contributed by atoms with E-state index in [9.17, 15) is 14.0 Å². The third-order valence-corrected chi connectivity index (χ3v) is 2.01. The van der Waals surface area contributed by atoms with Crippen LogP contribution in [0.4, 0.5) is 10.1 Å². The zero-order chi connectivity index (χ0) is 12.8. The number of amides is 1. The number of anilines is 1. The standard InChI is InChI=1S/C12H12FNO3/c1-2-11(15)14-10-5-3-8(7-9(10)13)4-6-12(16)17/h3-7H,2H2,1H3,(H,14,15)(H,16,17)/b6-4+. The van der Waals surface area contributed by atoms with Crippen LogP contribution >= 0.6 is 0 Å². The number of aliphatic carboxylic acids is 1. The van der Waals surface area contributed by atoms with E-state index in [2.05, 4.69) is 5.32 Å². The third-order valence-electron chi connectivity index (χ3n) is 2.01. The Morgan fingerprint density at radius 3 is 2.71 bits per heavy atom. The lowest BCUT2D eigenvalue weighted by Crippen LogP contribution is -2.10. The molecule has 0 aliphatic carbocycles. The molecule has 0 aliphatic rings. The van der Waals surface area contributed by atoms with Crippen LogP contribution in [0.25, 0.3) is 6.08 Å². The quantitative estimate of drug-likeness (QED) is 0.789. The first-order valence-electron chi connectivity index (χ1n) is 5.03. The predicted octanol–water partition coefficient (Wildman–Crippen LogP) is 2.27. The topological polar surface area (TPSA) is 66.4 Å². The molecule has 0 saturated heterocycles. The van der Waals surface area contributed by atoms with E-state index in [1.807, 2.05) is 0 Å². The highest BCUT2D eigenvalue weighted by atomic mass is 19.1. The van der Waals surface area contributed by atoms with Gasteiger partial charge in [-0.3, -0.25) is 4.79 Å². The summed E-state index contributed by atoms with van der Waals surface area (Å²) in [5, 5.41) is 10.8. The molecule has 17 heavy (non-hydrogen) atoms. The Morgan fingerprint density at radius 1 is 1.47 bits per heavy atom. The molecule has 5 heteroatoms. The van der Waals surface area contributed by atoms with Gasteiger partial charge >= 0.3 is 5.97 Å². The van der Waals surface area contributed by atoms with E-state index in [-0.39, 0.29) is 18.0 Å². The van der Waals surface area contributed by atoms with Crippen LogP contribution in [0.15, 0.2) is 24.3 Å². The summed E-state index contributed by atoms with van der Waals surface area (Å²) < 4.78 is 13.5. The maximum Gasteiger partial charge on any atom is 0.328 e. The zero-order valence-corrected chi connectivity index (χ0v) is 9.24. The average molecular weight is 237 g/mol. The summed E-state index contributed by atoms with van der Waals surface area (Å²) in [7, 11) is 0. The van der Waals surface area contributed by atoms with Crippen LogP contribution in [0.5, 0.6) is 0 Å². The highest BCUT2D eigenvalue weighted by molar-refractivity contribution is 5.91. The molecule has 0 bridgehead atoms. The van der Waals surface area contributed by atoms with Crippen molar-refractivity contribution in [2.24, 2.45) is 0 Å². The summed E-state index contributed by atoms with van der Waals surface area (Å²) in [5.41, 5.74) is 0.503. The van der Waals surface area contributed by atoms with Gasteiger partial charge < -0.3 is 10.4 Å². The average Bonchev–Trinajstić information content (AvgIpc) is 2.29. The van der Waals surface area contributed by atoms with Gasteiger partial charge in [0, 0.05) is 12.5 Å².